The molecule has 3 aromatic rings. The highest BCUT2D eigenvalue weighted by atomic mass is 15.2. The third kappa shape index (κ3) is 7.36. The lowest BCUT2D eigenvalue weighted by Gasteiger charge is -2.29. The Morgan fingerprint density at radius 1 is 0.447 bits per heavy atom. The first-order valence-electron chi connectivity index (χ1n) is 13.3. The van der Waals surface area contributed by atoms with Gasteiger partial charge in [-0.25, -0.2) is 0 Å². The fraction of sp³-hybridized carbons (Fsp3) is 0.167. The van der Waals surface area contributed by atoms with Crippen molar-refractivity contribution in [2.75, 3.05) is 9.80 Å². The third-order valence-electron chi connectivity index (χ3n) is 6.06. The van der Waals surface area contributed by atoms with E-state index in [-0.39, 0.29) is 0 Å². The van der Waals surface area contributed by atoms with Gasteiger partial charge in [0.2, 0.25) is 0 Å². The van der Waals surface area contributed by atoms with Crippen LogP contribution in [0.15, 0.2) is 145 Å². The van der Waals surface area contributed by atoms with Crippen LogP contribution in [0.25, 0.3) is 0 Å². The molecule has 194 valence electrons. The summed E-state index contributed by atoms with van der Waals surface area (Å²) in [5.41, 5.74) is 9.12. The Balaban J connectivity index is 2.16. The summed E-state index contributed by atoms with van der Waals surface area (Å²) in [6, 6.07) is 26.2. The second kappa shape index (κ2) is 14.4. The maximum Gasteiger partial charge on any atom is 0.0463 e. The average Bonchev–Trinajstić information content (AvgIpc) is 2.93. The van der Waals surface area contributed by atoms with Crippen LogP contribution in [-0.2, 0) is 0 Å². The molecule has 0 amide bonds. The molecule has 0 spiro atoms. The molecule has 3 aromatic carbocycles. The fourth-order valence-corrected chi connectivity index (χ4v) is 4.17. The van der Waals surface area contributed by atoms with Gasteiger partial charge in [-0.2, -0.15) is 0 Å². The van der Waals surface area contributed by atoms with Crippen molar-refractivity contribution >= 4 is 22.7 Å². The lowest BCUT2D eigenvalue weighted by Crippen LogP contribution is -2.17. The van der Waals surface area contributed by atoms with E-state index in [1.165, 1.54) is 11.1 Å². The maximum atomic E-state index is 2.29. The summed E-state index contributed by atoms with van der Waals surface area (Å²) in [6.45, 7) is 12.4. The molecule has 0 N–H and O–H groups in total. The molecule has 0 aliphatic heterocycles. The Kier molecular flexibility index (Phi) is 10.7. The molecule has 0 aliphatic rings. The van der Waals surface area contributed by atoms with Gasteiger partial charge in [0, 0.05) is 34.1 Å². The maximum absolute atomic E-state index is 2.29. The molecule has 0 radical (unpaired) electrons. The molecule has 0 aromatic heterocycles. The highest BCUT2D eigenvalue weighted by Gasteiger charge is 2.16. The van der Waals surface area contributed by atoms with E-state index in [4.69, 9.17) is 0 Å². The number of hydrogen-bond donors (Lipinski definition) is 0. The summed E-state index contributed by atoms with van der Waals surface area (Å²) in [7, 11) is 0. The van der Waals surface area contributed by atoms with Crippen molar-refractivity contribution in [2.45, 2.75) is 41.5 Å². The number of aryl methyl sites for hydroxylation is 2. The summed E-state index contributed by atoms with van der Waals surface area (Å²) >= 11 is 0. The van der Waals surface area contributed by atoms with E-state index in [1.807, 2.05) is 13.8 Å². The van der Waals surface area contributed by atoms with Gasteiger partial charge in [0.15, 0.2) is 0 Å². The number of anilines is 4. The van der Waals surface area contributed by atoms with Crippen molar-refractivity contribution in [3.05, 3.63) is 156 Å². The highest BCUT2D eigenvalue weighted by molar-refractivity contribution is 5.76. The van der Waals surface area contributed by atoms with Crippen LogP contribution in [-0.4, -0.2) is 0 Å². The van der Waals surface area contributed by atoms with Gasteiger partial charge in [0.1, 0.15) is 0 Å². The van der Waals surface area contributed by atoms with Crippen LogP contribution in [0, 0.1) is 13.8 Å². The Hall–Kier alpha value is -4.30. The van der Waals surface area contributed by atoms with Crippen molar-refractivity contribution in [3.8, 4) is 0 Å². The molecule has 0 atom stereocenters. The molecular formula is C36H40N2. The van der Waals surface area contributed by atoms with E-state index in [0.29, 0.717) is 0 Å². The van der Waals surface area contributed by atoms with Gasteiger partial charge in [-0.3, -0.25) is 0 Å². The Labute approximate surface area is 229 Å². The van der Waals surface area contributed by atoms with Gasteiger partial charge in [-0.15, -0.1) is 0 Å². The van der Waals surface area contributed by atoms with E-state index >= 15 is 0 Å². The van der Waals surface area contributed by atoms with Gasteiger partial charge in [-0.1, -0.05) is 71.8 Å². The number of nitrogens with zero attached hydrogens (tertiary/aromatic N) is 2. The summed E-state index contributed by atoms with van der Waals surface area (Å²) in [5, 5.41) is 0. The van der Waals surface area contributed by atoms with Gasteiger partial charge >= 0.3 is 0 Å². The predicted octanol–water partition coefficient (Wildman–Crippen LogP) is 10.7. The first-order chi connectivity index (χ1) is 18.5. The van der Waals surface area contributed by atoms with Gasteiger partial charge in [-0.05, 0) is 114 Å². The Morgan fingerprint density at radius 3 is 1.00 bits per heavy atom. The predicted molar refractivity (Wildman–Crippen MR) is 168 cm³/mol. The van der Waals surface area contributed by atoms with Gasteiger partial charge < -0.3 is 9.80 Å². The van der Waals surface area contributed by atoms with E-state index in [2.05, 4.69) is 171 Å². The molecule has 0 saturated carbocycles. The molecule has 3 rings (SSSR count). The minimum Gasteiger partial charge on any atom is -0.311 e. The molecule has 0 bridgehead atoms. The molecule has 2 nitrogen and oxygen atoms in total. The van der Waals surface area contributed by atoms with Crippen molar-refractivity contribution < 1.29 is 0 Å². The minimum absolute atomic E-state index is 1.10. The summed E-state index contributed by atoms with van der Waals surface area (Å²) in [5.74, 6) is 0. The Bertz CT molecular complexity index is 1220. The molecule has 0 saturated heterocycles. The zero-order valence-corrected chi connectivity index (χ0v) is 23.6. The van der Waals surface area contributed by atoms with Crippen LogP contribution >= 0.6 is 0 Å². The van der Waals surface area contributed by atoms with Crippen LogP contribution in [0.5, 0.6) is 0 Å². The molecule has 0 heterocycles. The monoisotopic (exact) mass is 500 g/mol. The van der Waals surface area contributed by atoms with Crippen LogP contribution in [0.1, 0.15) is 38.8 Å². The lowest BCUT2D eigenvalue weighted by molar-refractivity contribution is 1.18. The fourth-order valence-electron chi connectivity index (χ4n) is 4.17. The minimum atomic E-state index is 1.10. The average molecular weight is 501 g/mol. The van der Waals surface area contributed by atoms with Crippen molar-refractivity contribution in [1.82, 2.24) is 0 Å². The molecule has 0 fully saturated rings. The number of hydrogen-bond acceptors (Lipinski definition) is 2. The van der Waals surface area contributed by atoms with Gasteiger partial charge in [0.05, 0.1) is 0 Å². The Morgan fingerprint density at radius 2 is 0.737 bits per heavy atom. The van der Waals surface area contributed by atoms with E-state index in [0.717, 1.165) is 34.1 Å². The standard InChI is InChI=1S/C36H40N2/c1-7-11-15-31(13-9-3)37(33-21-17-29(5)18-22-33)35-25-27-36(28-26-35)38(32(14-10-4)16-12-8-2)34-23-19-30(6)20-24-34/h7-28H,1-6H3/b11-7-,12-8-,13-9-,14-10-,31-15+,32-16+. The normalized spacial score (nSPS) is 12.9. The smallest absolute Gasteiger partial charge is 0.0463 e. The summed E-state index contributed by atoms with van der Waals surface area (Å²) in [4.78, 5) is 4.59. The molecule has 0 unspecified atom stereocenters. The van der Waals surface area contributed by atoms with E-state index in [9.17, 15) is 0 Å². The van der Waals surface area contributed by atoms with Crippen molar-refractivity contribution in [1.29, 1.82) is 0 Å². The topological polar surface area (TPSA) is 6.48 Å². The molecule has 0 aliphatic carbocycles. The van der Waals surface area contributed by atoms with Crippen LogP contribution in [0.2, 0.25) is 0 Å². The van der Waals surface area contributed by atoms with E-state index in [1.54, 1.807) is 0 Å². The highest BCUT2D eigenvalue weighted by Crippen LogP contribution is 2.36. The van der Waals surface area contributed by atoms with E-state index < -0.39 is 0 Å². The van der Waals surface area contributed by atoms with Crippen LogP contribution in [0.4, 0.5) is 22.7 Å². The molecule has 38 heavy (non-hydrogen) atoms. The SMILES string of the molecule is C\C=C/C=C(\C=C/C)N(c1ccc(C)cc1)c1ccc(N(C(/C=C\C)=C/C=C\C)c2ccc(C)cc2)cc1. The second-order valence-electron chi connectivity index (χ2n) is 9.09. The summed E-state index contributed by atoms with van der Waals surface area (Å²) < 4.78 is 0. The zero-order valence-electron chi connectivity index (χ0n) is 23.6. The first-order valence-corrected chi connectivity index (χ1v) is 13.3. The number of benzene rings is 3. The number of rotatable bonds is 10. The number of allylic oxidation sites excluding steroid dienone is 10. The van der Waals surface area contributed by atoms with Crippen molar-refractivity contribution in [2.24, 2.45) is 0 Å². The molecule has 2 heteroatoms. The van der Waals surface area contributed by atoms with Gasteiger partial charge in [0.25, 0.3) is 0 Å². The summed E-state index contributed by atoms with van der Waals surface area (Å²) in [6.07, 6.45) is 21.0. The molecular weight excluding hydrogens is 460 g/mol. The van der Waals surface area contributed by atoms with Crippen LogP contribution in [0.3, 0.4) is 0 Å². The quantitative estimate of drug-likeness (QED) is 0.255. The third-order valence-corrected chi connectivity index (χ3v) is 6.06. The second-order valence-corrected chi connectivity index (χ2v) is 9.09. The van der Waals surface area contributed by atoms with Crippen molar-refractivity contribution in [3.63, 3.8) is 0 Å². The first kappa shape index (κ1) is 28.3. The lowest BCUT2D eigenvalue weighted by atomic mass is 10.1. The zero-order chi connectivity index (χ0) is 27.3. The van der Waals surface area contributed by atoms with Crippen LogP contribution < -0.4 is 9.80 Å². The largest absolute Gasteiger partial charge is 0.311 e.